The Morgan fingerprint density at radius 2 is 1.87 bits per heavy atom. The summed E-state index contributed by atoms with van der Waals surface area (Å²) in [5.41, 5.74) is -3.30. The fourth-order valence-corrected chi connectivity index (χ4v) is 3.26. The molecule has 3 rings (SSSR count). The molecule has 9 nitrogen and oxygen atoms in total. The van der Waals surface area contributed by atoms with Gasteiger partial charge in [-0.1, -0.05) is 12.1 Å². The number of amides is 1. The number of carbonyl (C=O) groups is 1. The smallest absolute Gasteiger partial charge is 0.312 e. The van der Waals surface area contributed by atoms with E-state index in [1.807, 2.05) is 0 Å². The van der Waals surface area contributed by atoms with Crippen LogP contribution >= 0.6 is 0 Å². The highest BCUT2D eigenvalue weighted by Crippen LogP contribution is 2.34. The van der Waals surface area contributed by atoms with E-state index >= 15 is 0 Å². The molecule has 0 unspecified atom stereocenters. The van der Waals surface area contributed by atoms with Crippen molar-refractivity contribution in [2.75, 3.05) is 0 Å². The van der Waals surface area contributed by atoms with Crippen LogP contribution in [0.25, 0.3) is 0 Å². The lowest BCUT2D eigenvalue weighted by molar-refractivity contribution is -0.386. The molecule has 1 atom stereocenters. The number of carbonyl (C=O) groups excluding carboxylic acids is 1. The Morgan fingerprint density at radius 1 is 1.26 bits per heavy atom. The molecule has 166 valence electrons. The van der Waals surface area contributed by atoms with Crippen molar-refractivity contribution in [3.8, 4) is 0 Å². The molecule has 1 N–H and O–H groups in total. The summed E-state index contributed by atoms with van der Waals surface area (Å²) < 4.78 is 53.8. The highest BCUT2D eigenvalue weighted by molar-refractivity contribution is 5.99. The van der Waals surface area contributed by atoms with Crippen molar-refractivity contribution < 1.29 is 32.4 Å². The summed E-state index contributed by atoms with van der Waals surface area (Å²) in [5, 5.41) is 28.5. The molecule has 1 aromatic carbocycles. The third-order valence-electron chi connectivity index (χ3n) is 4.89. The standard InChI is InChI=1S/C18H17F4N5O4/c1-9-14(27(30)31)10(2)25(23-9)8-11-3-5-12(6-4-11)16(28)26-18(29,17(21)22)7-13(24-26)15(19)20/h3-6,15,17,29H,7-8H2,1-2H3/t18-/m0/s1. The zero-order chi connectivity index (χ0) is 23.1. The second-order valence-electron chi connectivity index (χ2n) is 7.00. The van der Waals surface area contributed by atoms with Crippen molar-refractivity contribution in [1.29, 1.82) is 0 Å². The highest BCUT2D eigenvalue weighted by Gasteiger charge is 2.53. The molecule has 2 aromatic rings. The summed E-state index contributed by atoms with van der Waals surface area (Å²) in [6.07, 6.45) is -7.88. The fourth-order valence-electron chi connectivity index (χ4n) is 3.26. The van der Waals surface area contributed by atoms with Gasteiger partial charge in [-0.2, -0.15) is 15.2 Å². The van der Waals surface area contributed by atoms with Crippen molar-refractivity contribution in [3.05, 3.63) is 56.9 Å². The lowest BCUT2D eigenvalue weighted by Crippen LogP contribution is -2.51. The average Bonchev–Trinajstić information content (AvgIpc) is 3.19. The van der Waals surface area contributed by atoms with Crippen LogP contribution in [0, 0.1) is 24.0 Å². The SMILES string of the molecule is Cc1nn(Cc2ccc(C(=O)N3N=C(C(F)F)C[C@]3(O)C(F)F)cc2)c(C)c1[N+](=O)[O-]. The number of hydrogen-bond acceptors (Lipinski definition) is 6. The maximum absolute atomic E-state index is 13.3. The first-order valence-corrected chi connectivity index (χ1v) is 8.93. The molecular formula is C18H17F4N5O4. The number of rotatable bonds is 6. The molecule has 1 amide bonds. The monoisotopic (exact) mass is 443 g/mol. The second kappa shape index (κ2) is 8.06. The predicted molar refractivity (Wildman–Crippen MR) is 99.1 cm³/mol. The van der Waals surface area contributed by atoms with Gasteiger partial charge < -0.3 is 5.11 Å². The molecule has 0 saturated carbocycles. The van der Waals surface area contributed by atoms with Crippen LogP contribution < -0.4 is 0 Å². The number of hydrogen-bond donors (Lipinski definition) is 1. The van der Waals surface area contributed by atoms with E-state index in [-0.39, 0.29) is 28.5 Å². The Bertz CT molecular complexity index is 1050. The van der Waals surface area contributed by atoms with Crippen LogP contribution in [0.1, 0.15) is 33.7 Å². The molecule has 0 radical (unpaired) electrons. The van der Waals surface area contributed by atoms with Gasteiger partial charge in [0.1, 0.15) is 17.1 Å². The summed E-state index contributed by atoms with van der Waals surface area (Å²) >= 11 is 0. The number of hydrazone groups is 1. The Kier molecular flexibility index (Phi) is 5.81. The van der Waals surface area contributed by atoms with E-state index in [9.17, 15) is 37.6 Å². The maximum atomic E-state index is 13.3. The summed E-state index contributed by atoms with van der Waals surface area (Å²) in [6.45, 7) is 3.16. The van der Waals surface area contributed by atoms with Crippen molar-refractivity contribution in [1.82, 2.24) is 14.8 Å². The van der Waals surface area contributed by atoms with Crippen LogP contribution in [0.5, 0.6) is 0 Å². The number of nitrogens with zero attached hydrogens (tertiary/aromatic N) is 5. The van der Waals surface area contributed by atoms with Gasteiger partial charge in [0.25, 0.3) is 18.8 Å². The van der Waals surface area contributed by atoms with Crippen LogP contribution in [0.2, 0.25) is 0 Å². The van der Waals surface area contributed by atoms with Crippen LogP contribution in [0.4, 0.5) is 23.2 Å². The van der Waals surface area contributed by atoms with Crippen LogP contribution in [0.15, 0.2) is 29.4 Å². The minimum atomic E-state index is -3.52. The van der Waals surface area contributed by atoms with E-state index in [2.05, 4.69) is 10.2 Å². The van der Waals surface area contributed by atoms with Gasteiger partial charge in [0.2, 0.25) is 5.72 Å². The number of benzene rings is 1. The molecule has 1 aromatic heterocycles. The third-order valence-corrected chi connectivity index (χ3v) is 4.89. The fraction of sp³-hybridized carbons (Fsp3) is 0.389. The van der Waals surface area contributed by atoms with Gasteiger partial charge in [-0.3, -0.25) is 19.6 Å². The zero-order valence-electron chi connectivity index (χ0n) is 16.3. The van der Waals surface area contributed by atoms with E-state index in [1.165, 1.54) is 42.8 Å². The molecule has 2 heterocycles. The topological polar surface area (TPSA) is 114 Å². The second-order valence-corrected chi connectivity index (χ2v) is 7.00. The number of aryl methyl sites for hydroxylation is 1. The van der Waals surface area contributed by atoms with E-state index in [4.69, 9.17) is 0 Å². The molecule has 0 spiro atoms. The van der Waals surface area contributed by atoms with Crippen LogP contribution in [-0.4, -0.2) is 55.0 Å². The summed E-state index contributed by atoms with van der Waals surface area (Å²) in [5.74, 6) is -1.17. The van der Waals surface area contributed by atoms with E-state index in [1.54, 1.807) is 0 Å². The Balaban J connectivity index is 1.84. The number of aliphatic hydroxyl groups is 1. The lowest BCUT2D eigenvalue weighted by atomic mass is 10.1. The Hall–Kier alpha value is -3.35. The Morgan fingerprint density at radius 3 is 2.35 bits per heavy atom. The maximum Gasteiger partial charge on any atom is 0.312 e. The van der Waals surface area contributed by atoms with Crippen molar-refractivity contribution >= 4 is 17.3 Å². The minimum absolute atomic E-state index is 0.0153. The summed E-state index contributed by atoms with van der Waals surface area (Å²) in [4.78, 5) is 23.1. The molecule has 0 aliphatic carbocycles. The number of halogens is 4. The third kappa shape index (κ3) is 4.00. The molecule has 0 fully saturated rings. The summed E-state index contributed by atoms with van der Waals surface area (Å²) in [7, 11) is 0. The normalized spacial score (nSPS) is 18.7. The van der Waals surface area contributed by atoms with Gasteiger partial charge >= 0.3 is 5.69 Å². The number of alkyl halides is 4. The molecule has 13 heteroatoms. The Labute approximate surface area is 172 Å². The molecule has 1 aliphatic rings. The average molecular weight is 443 g/mol. The summed E-state index contributed by atoms with van der Waals surface area (Å²) in [6, 6.07) is 5.40. The molecule has 0 saturated heterocycles. The van der Waals surface area contributed by atoms with Gasteiger partial charge in [0, 0.05) is 12.0 Å². The van der Waals surface area contributed by atoms with E-state index < -0.39 is 41.5 Å². The van der Waals surface area contributed by atoms with E-state index in [0.717, 1.165) is 0 Å². The van der Waals surface area contributed by atoms with Gasteiger partial charge in [-0.05, 0) is 31.5 Å². The largest absolute Gasteiger partial charge is 0.364 e. The quantitative estimate of drug-likeness (QED) is 0.419. The predicted octanol–water partition coefficient (Wildman–Crippen LogP) is 2.88. The molecule has 0 bridgehead atoms. The highest BCUT2D eigenvalue weighted by atomic mass is 19.3. The van der Waals surface area contributed by atoms with Gasteiger partial charge in [-0.25, -0.2) is 17.6 Å². The number of nitro groups is 1. The molecule has 31 heavy (non-hydrogen) atoms. The van der Waals surface area contributed by atoms with Crippen LogP contribution in [-0.2, 0) is 6.54 Å². The first-order chi connectivity index (χ1) is 14.5. The van der Waals surface area contributed by atoms with E-state index in [0.29, 0.717) is 11.3 Å². The van der Waals surface area contributed by atoms with Gasteiger partial charge in [0.15, 0.2) is 0 Å². The minimum Gasteiger partial charge on any atom is -0.364 e. The van der Waals surface area contributed by atoms with Gasteiger partial charge in [-0.15, -0.1) is 0 Å². The zero-order valence-corrected chi connectivity index (χ0v) is 16.3. The number of aromatic nitrogens is 2. The lowest BCUT2D eigenvalue weighted by Gasteiger charge is -2.30. The van der Waals surface area contributed by atoms with Crippen molar-refractivity contribution in [2.24, 2.45) is 5.10 Å². The van der Waals surface area contributed by atoms with Crippen molar-refractivity contribution in [2.45, 2.75) is 45.4 Å². The van der Waals surface area contributed by atoms with Crippen LogP contribution in [0.3, 0.4) is 0 Å². The molecular weight excluding hydrogens is 426 g/mol. The van der Waals surface area contributed by atoms with Gasteiger partial charge in [0.05, 0.1) is 11.5 Å². The van der Waals surface area contributed by atoms with Crippen molar-refractivity contribution in [3.63, 3.8) is 0 Å². The molecule has 1 aliphatic heterocycles. The first kappa shape index (κ1) is 22.3. The first-order valence-electron chi connectivity index (χ1n) is 8.93.